The van der Waals surface area contributed by atoms with E-state index in [4.69, 9.17) is 9.16 Å². The third-order valence-corrected chi connectivity index (χ3v) is 12.7. The van der Waals surface area contributed by atoms with E-state index in [1.54, 1.807) is 6.92 Å². The number of unbranched alkanes of at least 4 members (excludes halogenated alkanes) is 1. The molecule has 0 bridgehead atoms. The molecule has 0 aromatic heterocycles. The first-order chi connectivity index (χ1) is 17.9. The summed E-state index contributed by atoms with van der Waals surface area (Å²) in [5, 5.41) is 11.8. The third kappa shape index (κ3) is 8.39. The minimum atomic E-state index is -1.96. The van der Waals surface area contributed by atoms with Crippen LogP contribution in [-0.4, -0.2) is 32.1 Å². The Hall–Kier alpha value is -2.21. The summed E-state index contributed by atoms with van der Waals surface area (Å²) in [4.78, 5) is 12.4. The highest BCUT2D eigenvalue weighted by molar-refractivity contribution is 6.74. The second-order valence-electron chi connectivity index (χ2n) is 12.4. The summed E-state index contributed by atoms with van der Waals surface area (Å²) >= 11 is 0. The second-order valence-corrected chi connectivity index (χ2v) is 17.1. The van der Waals surface area contributed by atoms with Gasteiger partial charge < -0.3 is 14.3 Å². The van der Waals surface area contributed by atoms with E-state index < -0.39 is 13.9 Å². The van der Waals surface area contributed by atoms with Crippen LogP contribution in [0.2, 0.25) is 18.1 Å². The lowest BCUT2D eigenvalue weighted by molar-refractivity contribution is -0.150. The number of aryl methyl sites for hydroxylation is 1. The quantitative estimate of drug-likeness (QED) is 0.130. The molecule has 1 N–H and O–H groups in total. The van der Waals surface area contributed by atoms with Gasteiger partial charge >= 0.3 is 5.97 Å². The van der Waals surface area contributed by atoms with E-state index in [-0.39, 0.29) is 29.5 Å². The first kappa shape index (κ1) is 30.3. The monoisotopic (exact) mass is 536 g/mol. The number of esters is 1. The van der Waals surface area contributed by atoms with Crippen molar-refractivity contribution in [3.8, 4) is 0 Å². The number of carbonyl (C=O) groups is 1. The van der Waals surface area contributed by atoms with Crippen LogP contribution in [0.25, 0.3) is 0 Å². The van der Waals surface area contributed by atoms with Crippen molar-refractivity contribution in [3.63, 3.8) is 0 Å². The number of rotatable bonds is 12. The molecule has 0 amide bonds. The maximum Gasteiger partial charge on any atom is 0.309 e. The van der Waals surface area contributed by atoms with Crippen LogP contribution in [0, 0.1) is 5.92 Å². The van der Waals surface area contributed by atoms with Crippen LogP contribution < -0.4 is 0 Å². The van der Waals surface area contributed by atoms with Gasteiger partial charge in [-0.15, -0.1) is 0 Å². The average molecular weight is 537 g/mol. The van der Waals surface area contributed by atoms with Gasteiger partial charge in [-0.25, -0.2) is 0 Å². The predicted molar refractivity (Wildman–Crippen MR) is 159 cm³/mol. The van der Waals surface area contributed by atoms with E-state index in [0.29, 0.717) is 13.0 Å². The molecule has 0 saturated carbocycles. The van der Waals surface area contributed by atoms with Gasteiger partial charge in [-0.2, -0.15) is 0 Å². The number of fused-ring (bicyclic) bond motifs is 1. The van der Waals surface area contributed by atoms with Gasteiger partial charge in [0.05, 0.1) is 19.1 Å². The molecule has 3 unspecified atom stereocenters. The van der Waals surface area contributed by atoms with E-state index in [0.717, 1.165) is 43.2 Å². The van der Waals surface area contributed by atoms with E-state index in [9.17, 15) is 9.90 Å². The maximum absolute atomic E-state index is 12.4. The molecule has 1 aliphatic rings. The van der Waals surface area contributed by atoms with Gasteiger partial charge in [0, 0.05) is 0 Å². The largest absolute Gasteiger partial charge is 0.466 e. The molecule has 1 aliphatic carbocycles. The van der Waals surface area contributed by atoms with Crippen molar-refractivity contribution in [3.05, 3.63) is 83.4 Å². The maximum atomic E-state index is 12.4. The molecule has 0 radical (unpaired) electrons. The van der Waals surface area contributed by atoms with Crippen LogP contribution in [0.5, 0.6) is 0 Å². The summed E-state index contributed by atoms with van der Waals surface area (Å²) < 4.78 is 12.1. The summed E-state index contributed by atoms with van der Waals surface area (Å²) in [6.07, 6.45) is 10.1. The molecule has 3 atom stereocenters. The first-order valence-corrected chi connectivity index (χ1v) is 17.2. The molecule has 2 aromatic carbocycles. The van der Waals surface area contributed by atoms with Crippen molar-refractivity contribution in [2.75, 3.05) is 6.61 Å². The van der Waals surface area contributed by atoms with Gasteiger partial charge in [0.1, 0.15) is 5.60 Å². The number of hydrogen-bond acceptors (Lipinski definition) is 4. The van der Waals surface area contributed by atoms with Gasteiger partial charge in [0.25, 0.3) is 0 Å². The van der Waals surface area contributed by atoms with Crippen LogP contribution in [0.1, 0.15) is 76.5 Å². The number of allylic oxidation sites excluding steroid dienone is 1. The molecular formula is C33H48O4Si. The Morgan fingerprint density at radius 1 is 1.11 bits per heavy atom. The predicted octanol–water partition coefficient (Wildman–Crippen LogP) is 7.75. The molecular weight excluding hydrogens is 488 g/mol. The smallest absolute Gasteiger partial charge is 0.309 e. The summed E-state index contributed by atoms with van der Waals surface area (Å²) in [5.74, 6) is -0.230. The highest BCUT2D eigenvalue weighted by atomic mass is 28.4. The van der Waals surface area contributed by atoms with Crippen LogP contribution in [0.4, 0.5) is 0 Å². The third-order valence-electron chi connectivity index (χ3n) is 8.24. The standard InChI is InChI=1S/C33H48O4Si/c1-7-36-31(34)25-33(35)24-27(23-28-18-12-14-20-30(28)33)21-22-29(37-38(5,6)32(2,3)4)19-13-11-17-26-15-9-8-10-16-26/h8-10,12,14-16,18,20-22,27,29,35H,7,11,13,17,19,23-25H2,1-6H3/b22-21+. The Labute approximate surface area is 231 Å². The fourth-order valence-electron chi connectivity index (χ4n) is 5.15. The number of ether oxygens (including phenoxy) is 1. The summed E-state index contributed by atoms with van der Waals surface area (Å²) in [7, 11) is -1.96. The highest BCUT2D eigenvalue weighted by Crippen LogP contribution is 2.42. The fraction of sp³-hybridized carbons (Fsp3) is 0.545. The zero-order chi connectivity index (χ0) is 27.8. The molecule has 3 rings (SSSR count). The number of benzene rings is 2. The van der Waals surface area contributed by atoms with Crippen molar-refractivity contribution < 1.29 is 19.1 Å². The Kier molecular flexibility index (Phi) is 10.6. The fourth-order valence-corrected chi connectivity index (χ4v) is 6.46. The lowest BCUT2D eigenvalue weighted by atomic mass is 9.72. The molecule has 0 heterocycles. The van der Waals surface area contributed by atoms with Gasteiger partial charge in [0.15, 0.2) is 8.32 Å². The summed E-state index contributed by atoms with van der Waals surface area (Å²) in [5.41, 5.74) is 2.12. The average Bonchev–Trinajstić information content (AvgIpc) is 2.85. The Morgan fingerprint density at radius 2 is 1.79 bits per heavy atom. The Morgan fingerprint density at radius 3 is 2.47 bits per heavy atom. The molecule has 5 heteroatoms. The molecule has 2 aromatic rings. The van der Waals surface area contributed by atoms with E-state index in [1.165, 1.54) is 5.56 Å². The van der Waals surface area contributed by atoms with Crippen LogP contribution in [0.15, 0.2) is 66.7 Å². The van der Waals surface area contributed by atoms with Gasteiger partial charge in [-0.1, -0.05) is 93.9 Å². The zero-order valence-electron chi connectivity index (χ0n) is 24.3. The summed E-state index contributed by atoms with van der Waals surface area (Å²) in [6, 6.07) is 18.6. The van der Waals surface area contributed by atoms with E-state index in [1.807, 2.05) is 18.2 Å². The lowest BCUT2D eigenvalue weighted by Crippen LogP contribution is -2.43. The topological polar surface area (TPSA) is 55.8 Å². The minimum absolute atomic E-state index is 0.0222. The van der Waals surface area contributed by atoms with Crippen molar-refractivity contribution in [2.24, 2.45) is 5.92 Å². The molecule has 0 spiro atoms. The number of carbonyl (C=O) groups excluding carboxylic acids is 1. The van der Waals surface area contributed by atoms with Gasteiger partial charge in [0.2, 0.25) is 0 Å². The van der Waals surface area contributed by atoms with Crippen molar-refractivity contribution in [1.82, 2.24) is 0 Å². The molecule has 0 aliphatic heterocycles. The lowest BCUT2D eigenvalue weighted by Gasteiger charge is -2.39. The highest BCUT2D eigenvalue weighted by Gasteiger charge is 2.41. The second kappa shape index (κ2) is 13.2. The molecule has 38 heavy (non-hydrogen) atoms. The van der Waals surface area contributed by atoms with Crippen molar-refractivity contribution >= 4 is 14.3 Å². The number of hydrogen-bond donors (Lipinski definition) is 1. The van der Waals surface area contributed by atoms with Gasteiger partial charge in [-0.3, -0.25) is 4.79 Å². The van der Waals surface area contributed by atoms with E-state index in [2.05, 4.69) is 82.4 Å². The molecule has 4 nitrogen and oxygen atoms in total. The van der Waals surface area contributed by atoms with E-state index >= 15 is 0 Å². The summed E-state index contributed by atoms with van der Waals surface area (Å²) in [6.45, 7) is 13.6. The minimum Gasteiger partial charge on any atom is -0.466 e. The first-order valence-electron chi connectivity index (χ1n) is 14.3. The zero-order valence-corrected chi connectivity index (χ0v) is 25.3. The Bertz CT molecular complexity index is 1060. The van der Waals surface area contributed by atoms with Gasteiger partial charge in [-0.05, 0) is 79.8 Å². The molecule has 208 valence electrons. The van der Waals surface area contributed by atoms with Crippen molar-refractivity contribution in [1.29, 1.82) is 0 Å². The number of aliphatic hydroxyl groups is 1. The van der Waals surface area contributed by atoms with Crippen LogP contribution in [-0.2, 0) is 32.4 Å². The van der Waals surface area contributed by atoms with Crippen molar-refractivity contribution in [2.45, 2.75) is 102 Å². The van der Waals surface area contributed by atoms with Crippen LogP contribution >= 0.6 is 0 Å². The molecule has 0 fully saturated rings. The molecule has 0 saturated heterocycles. The van der Waals surface area contributed by atoms with Crippen LogP contribution in [0.3, 0.4) is 0 Å². The normalized spacial score (nSPS) is 20.8. The SMILES string of the molecule is CCOC(=O)CC1(O)CC(/C=C/C(CCCCc2ccccc2)O[Si](C)(C)C(C)(C)C)Cc2ccccc21. The Balaban J connectivity index is 1.74.